The Hall–Kier alpha value is -1.83. The predicted octanol–water partition coefficient (Wildman–Crippen LogP) is 7.08. The zero-order valence-electron chi connectivity index (χ0n) is 17.1. The molecule has 2 aromatic rings. The van der Waals surface area contributed by atoms with Gasteiger partial charge in [-0.15, -0.1) is 0 Å². The monoisotopic (exact) mass is 365 g/mol. The van der Waals surface area contributed by atoms with Crippen molar-refractivity contribution in [3.8, 4) is 17.0 Å². The zero-order chi connectivity index (χ0) is 18.9. The quantitative estimate of drug-likeness (QED) is 0.443. The SMILES string of the molecule is CCCCOc1ccc(-c2ccc(CCC3CCCC(CC)C3)cc2)nc1. The van der Waals surface area contributed by atoms with Gasteiger partial charge in [0.15, 0.2) is 0 Å². The van der Waals surface area contributed by atoms with Crippen molar-refractivity contribution in [3.05, 3.63) is 48.2 Å². The van der Waals surface area contributed by atoms with Gasteiger partial charge in [-0.2, -0.15) is 0 Å². The van der Waals surface area contributed by atoms with Crippen LogP contribution in [0.1, 0.15) is 70.8 Å². The van der Waals surface area contributed by atoms with Crippen molar-refractivity contribution in [2.24, 2.45) is 11.8 Å². The molecule has 0 radical (unpaired) electrons. The number of hydrogen-bond donors (Lipinski definition) is 0. The Bertz CT molecular complexity index is 662. The Balaban J connectivity index is 1.51. The van der Waals surface area contributed by atoms with Crippen LogP contribution in [-0.2, 0) is 6.42 Å². The number of nitrogens with zero attached hydrogens (tertiary/aromatic N) is 1. The maximum Gasteiger partial charge on any atom is 0.137 e. The summed E-state index contributed by atoms with van der Waals surface area (Å²) in [7, 11) is 0. The molecule has 2 nitrogen and oxygen atoms in total. The van der Waals surface area contributed by atoms with Crippen molar-refractivity contribution in [2.75, 3.05) is 6.61 Å². The molecule has 1 fully saturated rings. The molecule has 0 spiro atoms. The van der Waals surface area contributed by atoms with Crippen molar-refractivity contribution < 1.29 is 4.74 Å². The standard InChI is InChI=1S/C25H35NO/c1-3-5-17-27-24-15-16-25(26-19-24)23-13-11-21(12-14-23)9-10-22-8-6-7-20(4-2)18-22/h11-16,19-20,22H,3-10,17-18H2,1-2H3. The first kappa shape index (κ1) is 19.9. The molecule has 1 aliphatic rings. The van der Waals surface area contributed by atoms with E-state index >= 15 is 0 Å². The number of ether oxygens (including phenoxy) is 1. The molecule has 146 valence electrons. The molecule has 0 aliphatic heterocycles. The van der Waals surface area contributed by atoms with Crippen molar-refractivity contribution in [2.45, 2.75) is 71.6 Å². The highest BCUT2D eigenvalue weighted by molar-refractivity contribution is 5.59. The summed E-state index contributed by atoms with van der Waals surface area (Å²) in [4.78, 5) is 4.57. The molecule has 27 heavy (non-hydrogen) atoms. The fraction of sp³-hybridized carbons (Fsp3) is 0.560. The van der Waals surface area contributed by atoms with Gasteiger partial charge in [0.2, 0.25) is 0 Å². The van der Waals surface area contributed by atoms with Crippen LogP contribution in [0.25, 0.3) is 11.3 Å². The van der Waals surface area contributed by atoms with E-state index in [9.17, 15) is 0 Å². The molecule has 1 saturated carbocycles. The highest BCUT2D eigenvalue weighted by atomic mass is 16.5. The van der Waals surface area contributed by atoms with Gasteiger partial charge < -0.3 is 4.74 Å². The second-order valence-electron chi connectivity index (χ2n) is 8.12. The Morgan fingerprint density at radius 1 is 1.00 bits per heavy atom. The minimum Gasteiger partial charge on any atom is -0.492 e. The van der Waals surface area contributed by atoms with Crippen LogP contribution in [0.4, 0.5) is 0 Å². The summed E-state index contributed by atoms with van der Waals surface area (Å²) in [5.41, 5.74) is 3.65. The second kappa shape index (κ2) is 10.5. The van der Waals surface area contributed by atoms with Gasteiger partial charge in [0, 0.05) is 5.56 Å². The number of hydrogen-bond acceptors (Lipinski definition) is 2. The van der Waals surface area contributed by atoms with Crippen LogP contribution in [0.5, 0.6) is 5.75 Å². The van der Waals surface area contributed by atoms with Crippen LogP contribution in [0.2, 0.25) is 0 Å². The molecular formula is C25H35NO. The van der Waals surface area contributed by atoms with Crippen LogP contribution < -0.4 is 4.74 Å². The average molecular weight is 366 g/mol. The lowest BCUT2D eigenvalue weighted by Crippen LogP contribution is -2.15. The van der Waals surface area contributed by atoms with Gasteiger partial charge in [-0.3, -0.25) is 4.98 Å². The number of pyridine rings is 1. The summed E-state index contributed by atoms with van der Waals surface area (Å²) in [6, 6.07) is 13.1. The van der Waals surface area contributed by atoms with E-state index in [0.29, 0.717) is 0 Å². The first-order valence-electron chi connectivity index (χ1n) is 11.0. The third-order valence-corrected chi connectivity index (χ3v) is 6.06. The summed E-state index contributed by atoms with van der Waals surface area (Å²) in [5, 5.41) is 0. The minimum atomic E-state index is 0.770. The average Bonchev–Trinajstić information content (AvgIpc) is 2.73. The highest BCUT2D eigenvalue weighted by Crippen LogP contribution is 2.33. The molecule has 1 heterocycles. The van der Waals surface area contributed by atoms with Crippen LogP contribution in [0.3, 0.4) is 0 Å². The molecule has 0 saturated heterocycles. The first-order valence-corrected chi connectivity index (χ1v) is 11.0. The number of unbranched alkanes of at least 4 members (excludes halogenated alkanes) is 1. The number of aromatic nitrogens is 1. The predicted molar refractivity (Wildman–Crippen MR) is 114 cm³/mol. The third kappa shape index (κ3) is 6.09. The zero-order valence-corrected chi connectivity index (χ0v) is 17.1. The van der Waals surface area contributed by atoms with Gasteiger partial charge >= 0.3 is 0 Å². The Morgan fingerprint density at radius 2 is 1.81 bits per heavy atom. The topological polar surface area (TPSA) is 22.1 Å². The fourth-order valence-electron chi connectivity index (χ4n) is 4.22. The van der Waals surface area contributed by atoms with Crippen molar-refractivity contribution in [1.29, 1.82) is 0 Å². The van der Waals surface area contributed by atoms with Crippen molar-refractivity contribution in [1.82, 2.24) is 4.98 Å². The molecule has 0 bridgehead atoms. The van der Waals surface area contributed by atoms with Crippen LogP contribution >= 0.6 is 0 Å². The van der Waals surface area contributed by atoms with Gasteiger partial charge in [-0.1, -0.05) is 70.2 Å². The lowest BCUT2D eigenvalue weighted by Gasteiger charge is -2.28. The molecule has 3 rings (SSSR count). The Labute approximate surface area is 165 Å². The van der Waals surface area contributed by atoms with E-state index in [0.717, 1.165) is 42.7 Å². The van der Waals surface area contributed by atoms with Crippen LogP contribution in [-0.4, -0.2) is 11.6 Å². The van der Waals surface area contributed by atoms with Crippen LogP contribution in [0.15, 0.2) is 42.6 Å². The summed E-state index contributed by atoms with van der Waals surface area (Å²) in [6.45, 7) is 5.29. The van der Waals surface area contributed by atoms with Gasteiger partial charge in [0.1, 0.15) is 5.75 Å². The molecule has 2 heteroatoms. The summed E-state index contributed by atoms with van der Waals surface area (Å²) < 4.78 is 5.70. The molecule has 0 N–H and O–H groups in total. The van der Waals surface area contributed by atoms with E-state index in [1.165, 1.54) is 56.1 Å². The Kier molecular flexibility index (Phi) is 7.74. The summed E-state index contributed by atoms with van der Waals surface area (Å²) >= 11 is 0. The van der Waals surface area contributed by atoms with Gasteiger partial charge in [0.05, 0.1) is 18.5 Å². The minimum absolute atomic E-state index is 0.770. The van der Waals surface area contributed by atoms with Gasteiger partial charge in [-0.05, 0) is 55.2 Å². The third-order valence-electron chi connectivity index (χ3n) is 6.06. The molecule has 2 atom stereocenters. The first-order chi connectivity index (χ1) is 13.3. The number of rotatable bonds is 9. The largest absolute Gasteiger partial charge is 0.492 e. The van der Waals surface area contributed by atoms with Crippen molar-refractivity contribution >= 4 is 0 Å². The molecular weight excluding hydrogens is 330 g/mol. The van der Waals surface area contributed by atoms with E-state index in [1.54, 1.807) is 0 Å². The molecule has 1 aliphatic carbocycles. The molecule has 1 aromatic carbocycles. The number of aryl methyl sites for hydroxylation is 1. The van der Waals surface area contributed by atoms with E-state index < -0.39 is 0 Å². The normalized spacial score (nSPS) is 19.8. The fourth-order valence-corrected chi connectivity index (χ4v) is 4.22. The van der Waals surface area contributed by atoms with E-state index in [2.05, 4.69) is 49.2 Å². The maximum atomic E-state index is 5.70. The highest BCUT2D eigenvalue weighted by Gasteiger charge is 2.20. The van der Waals surface area contributed by atoms with Gasteiger partial charge in [-0.25, -0.2) is 0 Å². The smallest absolute Gasteiger partial charge is 0.137 e. The summed E-state index contributed by atoms with van der Waals surface area (Å²) in [6.07, 6.45) is 13.8. The lowest BCUT2D eigenvalue weighted by molar-refractivity contribution is 0.250. The molecule has 0 amide bonds. The molecule has 1 aromatic heterocycles. The van der Waals surface area contributed by atoms with E-state index in [1.807, 2.05) is 12.3 Å². The van der Waals surface area contributed by atoms with Crippen LogP contribution in [0, 0.1) is 11.8 Å². The van der Waals surface area contributed by atoms with Crippen molar-refractivity contribution in [3.63, 3.8) is 0 Å². The summed E-state index contributed by atoms with van der Waals surface area (Å²) in [5.74, 6) is 2.78. The lowest BCUT2D eigenvalue weighted by atomic mass is 9.78. The maximum absolute atomic E-state index is 5.70. The second-order valence-corrected chi connectivity index (χ2v) is 8.12. The van der Waals surface area contributed by atoms with E-state index in [4.69, 9.17) is 4.74 Å². The number of benzene rings is 1. The molecule has 2 unspecified atom stereocenters. The van der Waals surface area contributed by atoms with Gasteiger partial charge in [0.25, 0.3) is 0 Å². The Morgan fingerprint density at radius 3 is 2.52 bits per heavy atom. The van der Waals surface area contributed by atoms with E-state index in [-0.39, 0.29) is 0 Å².